The molecule has 4 aromatic rings. The fraction of sp³-hybridized carbons (Fsp3) is 0.364. The molecule has 1 aliphatic heterocycles. The van der Waals surface area contributed by atoms with E-state index in [1.165, 1.54) is 0 Å². The quantitative estimate of drug-likeness (QED) is 0.164. The highest BCUT2D eigenvalue weighted by Gasteiger charge is 2.52. The molecule has 0 saturated heterocycles. The number of aryl methyl sites for hydroxylation is 1. The fourth-order valence-electron chi connectivity index (χ4n) is 6.14. The van der Waals surface area contributed by atoms with Crippen LogP contribution in [0.2, 0.25) is 0 Å². The Morgan fingerprint density at radius 1 is 0.949 bits per heavy atom. The SMILES string of the molecule is CCC(OC)Oc1cc(N(CC)CC)ccc1C1(c2c(C)n(CC)c3ccccc23)OC(=O)c2ccccc21. The highest BCUT2D eigenvalue weighted by molar-refractivity contribution is 5.99. The Bertz CT molecular complexity index is 1500. The second-order valence-electron chi connectivity index (χ2n) is 9.88. The lowest BCUT2D eigenvalue weighted by Crippen LogP contribution is -2.32. The first-order valence-electron chi connectivity index (χ1n) is 13.9. The molecule has 0 aliphatic carbocycles. The molecule has 6 nitrogen and oxygen atoms in total. The van der Waals surface area contributed by atoms with Gasteiger partial charge >= 0.3 is 5.97 Å². The Hall–Kier alpha value is -3.77. The minimum atomic E-state index is -1.19. The van der Waals surface area contributed by atoms with Gasteiger partial charge in [-0.3, -0.25) is 0 Å². The van der Waals surface area contributed by atoms with Crippen molar-refractivity contribution in [1.29, 1.82) is 0 Å². The van der Waals surface area contributed by atoms with Crippen molar-refractivity contribution in [3.8, 4) is 5.75 Å². The summed E-state index contributed by atoms with van der Waals surface area (Å²) in [5, 5.41) is 1.05. The van der Waals surface area contributed by atoms with E-state index in [4.69, 9.17) is 14.2 Å². The van der Waals surface area contributed by atoms with E-state index >= 15 is 0 Å². The molecule has 1 aliphatic rings. The Labute approximate surface area is 231 Å². The molecule has 2 unspecified atom stereocenters. The van der Waals surface area contributed by atoms with Gasteiger partial charge in [0.2, 0.25) is 0 Å². The number of hydrogen-bond acceptors (Lipinski definition) is 5. The molecule has 2 atom stereocenters. The first-order chi connectivity index (χ1) is 18.9. The van der Waals surface area contributed by atoms with Crippen LogP contribution in [0.25, 0.3) is 10.9 Å². The van der Waals surface area contributed by atoms with Gasteiger partial charge in [0.25, 0.3) is 0 Å². The van der Waals surface area contributed by atoms with E-state index in [1.54, 1.807) is 7.11 Å². The van der Waals surface area contributed by atoms with Gasteiger partial charge in [-0.15, -0.1) is 0 Å². The molecular weight excluding hydrogens is 488 g/mol. The molecule has 0 fully saturated rings. The fourth-order valence-corrected chi connectivity index (χ4v) is 6.14. The Morgan fingerprint density at radius 2 is 1.67 bits per heavy atom. The summed E-state index contributed by atoms with van der Waals surface area (Å²) in [5.74, 6) is 0.307. The van der Waals surface area contributed by atoms with Crippen LogP contribution in [0.4, 0.5) is 5.69 Å². The monoisotopic (exact) mass is 526 g/mol. The summed E-state index contributed by atoms with van der Waals surface area (Å²) in [6.07, 6.45) is 0.223. The minimum Gasteiger partial charge on any atom is -0.464 e. The van der Waals surface area contributed by atoms with E-state index in [0.29, 0.717) is 17.7 Å². The lowest BCUT2D eigenvalue weighted by molar-refractivity contribution is -0.0569. The second kappa shape index (κ2) is 10.8. The van der Waals surface area contributed by atoms with E-state index in [0.717, 1.165) is 58.6 Å². The lowest BCUT2D eigenvalue weighted by Gasteiger charge is -2.34. The third kappa shape index (κ3) is 4.18. The van der Waals surface area contributed by atoms with Crippen molar-refractivity contribution < 1.29 is 19.0 Å². The average molecular weight is 527 g/mol. The van der Waals surface area contributed by atoms with Crippen LogP contribution in [-0.2, 0) is 21.6 Å². The highest BCUT2D eigenvalue weighted by atomic mass is 16.7. The Morgan fingerprint density at radius 3 is 2.36 bits per heavy atom. The topological polar surface area (TPSA) is 52.9 Å². The van der Waals surface area contributed by atoms with Gasteiger partial charge in [-0.05, 0) is 52.0 Å². The van der Waals surface area contributed by atoms with Gasteiger partial charge in [0.05, 0.1) is 5.56 Å². The van der Waals surface area contributed by atoms with Gasteiger partial charge in [-0.1, -0.05) is 43.3 Å². The van der Waals surface area contributed by atoms with E-state index in [2.05, 4.69) is 73.6 Å². The molecule has 39 heavy (non-hydrogen) atoms. The number of rotatable bonds is 10. The average Bonchev–Trinajstić information content (AvgIpc) is 3.43. The molecule has 5 rings (SSSR count). The highest BCUT2D eigenvalue weighted by Crippen LogP contribution is 2.53. The maximum Gasteiger partial charge on any atom is 0.340 e. The van der Waals surface area contributed by atoms with Crippen LogP contribution < -0.4 is 9.64 Å². The lowest BCUT2D eigenvalue weighted by atomic mass is 9.78. The van der Waals surface area contributed by atoms with Crippen LogP contribution >= 0.6 is 0 Å². The van der Waals surface area contributed by atoms with E-state index in [-0.39, 0.29) is 5.97 Å². The smallest absolute Gasteiger partial charge is 0.340 e. The van der Waals surface area contributed by atoms with Crippen LogP contribution in [0.15, 0.2) is 66.7 Å². The number of nitrogens with zero attached hydrogens (tertiary/aromatic N) is 2. The second-order valence-corrected chi connectivity index (χ2v) is 9.88. The predicted molar refractivity (Wildman–Crippen MR) is 156 cm³/mol. The number of anilines is 1. The molecule has 1 aromatic heterocycles. The number of carbonyl (C=O) groups excluding carboxylic acids is 1. The number of cyclic esters (lactones) is 1. The van der Waals surface area contributed by atoms with Gasteiger partial charge in [-0.25, -0.2) is 4.79 Å². The first-order valence-corrected chi connectivity index (χ1v) is 13.9. The number of fused-ring (bicyclic) bond motifs is 2. The summed E-state index contributed by atoms with van der Waals surface area (Å²) in [6, 6.07) is 22.3. The normalized spacial score (nSPS) is 17.2. The van der Waals surface area contributed by atoms with E-state index < -0.39 is 11.9 Å². The van der Waals surface area contributed by atoms with Gasteiger partial charge in [0, 0.05) is 78.2 Å². The standard InChI is InChI=1S/C33H38N2O4/c1-7-30(37-6)38-29-21-23(34(8-2)9-3)19-20-27(29)33(26-17-13-11-15-24(26)32(36)39-33)31-22(5)35(10-4)28-18-14-12-16-25(28)31/h11-21,30H,7-10H2,1-6H3. The maximum atomic E-state index is 13.6. The molecule has 3 aromatic carbocycles. The third-order valence-electron chi connectivity index (χ3n) is 8.00. The number of esters is 1. The number of para-hydroxylation sites is 1. The molecule has 2 heterocycles. The number of methoxy groups -OCH3 is 1. The van der Waals surface area contributed by atoms with Crippen molar-refractivity contribution in [1.82, 2.24) is 4.57 Å². The van der Waals surface area contributed by atoms with Gasteiger partial charge in [0.15, 0.2) is 11.9 Å². The Balaban J connectivity index is 1.90. The van der Waals surface area contributed by atoms with E-state index in [9.17, 15) is 4.79 Å². The van der Waals surface area contributed by atoms with Crippen LogP contribution in [0.3, 0.4) is 0 Å². The minimum absolute atomic E-state index is 0.337. The summed E-state index contributed by atoms with van der Waals surface area (Å²) < 4.78 is 21.1. The maximum absolute atomic E-state index is 13.6. The van der Waals surface area contributed by atoms with Crippen LogP contribution in [-0.4, -0.2) is 37.0 Å². The van der Waals surface area contributed by atoms with Crippen molar-refractivity contribution in [3.05, 3.63) is 94.7 Å². The van der Waals surface area contributed by atoms with Crippen LogP contribution in [0.5, 0.6) is 5.75 Å². The number of aromatic nitrogens is 1. The van der Waals surface area contributed by atoms with Gasteiger partial charge in [0.1, 0.15) is 5.75 Å². The molecule has 204 valence electrons. The van der Waals surface area contributed by atoms with Crippen molar-refractivity contribution in [2.24, 2.45) is 0 Å². The summed E-state index contributed by atoms with van der Waals surface area (Å²) in [5.41, 5.74) is 5.16. The molecular formula is C33H38N2O4. The first kappa shape index (κ1) is 26.8. The summed E-state index contributed by atoms with van der Waals surface area (Å²) in [7, 11) is 1.65. The molecule has 6 heteroatoms. The van der Waals surface area contributed by atoms with Crippen molar-refractivity contribution in [2.45, 2.75) is 59.5 Å². The summed E-state index contributed by atoms with van der Waals surface area (Å²) in [6.45, 7) is 13.1. The largest absolute Gasteiger partial charge is 0.464 e. The molecule has 0 amide bonds. The van der Waals surface area contributed by atoms with E-state index in [1.807, 2.05) is 37.3 Å². The molecule has 0 radical (unpaired) electrons. The zero-order chi connectivity index (χ0) is 27.7. The van der Waals surface area contributed by atoms with Crippen molar-refractivity contribution >= 4 is 22.6 Å². The number of benzene rings is 3. The molecule has 0 saturated carbocycles. The van der Waals surface area contributed by atoms with Crippen LogP contribution in [0, 0.1) is 6.92 Å². The summed E-state index contributed by atoms with van der Waals surface area (Å²) >= 11 is 0. The number of carbonyl (C=O) groups is 1. The van der Waals surface area contributed by atoms with Crippen molar-refractivity contribution in [3.63, 3.8) is 0 Å². The zero-order valence-electron chi connectivity index (χ0n) is 23.8. The molecule has 0 spiro atoms. The predicted octanol–water partition coefficient (Wildman–Crippen LogP) is 7.04. The van der Waals surface area contributed by atoms with Gasteiger partial charge in [-0.2, -0.15) is 0 Å². The molecule has 0 N–H and O–H groups in total. The number of hydrogen-bond donors (Lipinski definition) is 0. The number of ether oxygens (including phenoxy) is 3. The summed E-state index contributed by atoms with van der Waals surface area (Å²) in [4.78, 5) is 15.8. The van der Waals surface area contributed by atoms with Crippen molar-refractivity contribution in [2.75, 3.05) is 25.1 Å². The third-order valence-corrected chi connectivity index (χ3v) is 8.00. The zero-order valence-corrected chi connectivity index (χ0v) is 23.8. The van der Waals surface area contributed by atoms with Gasteiger partial charge < -0.3 is 23.7 Å². The van der Waals surface area contributed by atoms with Crippen LogP contribution in [0.1, 0.15) is 66.9 Å². The Kier molecular flexibility index (Phi) is 7.41. The molecule has 0 bridgehead atoms.